The van der Waals surface area contributed by atoms with Gasteiger partial charge >= 0.3 is 0 Å². The van der Waals surface area contributed by atoms with Crippen LogP contribution in [0.2, 0.25) is 0 Å². The molecular weight excluding hydrogens is 238 g/mol. The Labute approximate surface area is 117 Å². The Balaban J connectivity index is 2.63. The van der Waals surface area contributed by atoms with Gasteiger partial charge in [-0.25, -0.2) is 0 Å². The molecule has 2 unspecified atom stereocenters. The van der Waals surface area contributed by atoms with E-state index in [-0.39, 0.29) is 12.1 Å². The lowest BCUT2D eigenvalue weighted by atomic mass is 10.0. The van der Waals surface area contributed by atoms with Crippen molar-refractivity contribution < 1.29 is 5.11 Å². The second kappa shape index (κ2) is 7.06. The second-order valence-corrected chi connectivity index (χ2v) is 5.81. The number of hydrogen-bond acceptors (Lipinski definition) is 3. The molecule has 0 radical (unpaired) electrons. The molecule has 0 aliphatic heterocycles. The molecule has 1 heterocycles. The molecule has 0 fully saturated rings. The lowest BCUT2D eigenvalue weighted by molar-refractivity contribution is 0.143. The molecule has 2 N–H and O–H groups in total. The number of aryl methyl sites for hydroxylation is 2. The minimum Gasteiger partial charge on any atom is -0.392 e. The number of nitrogens with one attached hydrogen (secondary N) is 1. The maximum Gasteiger partial charge on any atom is 0.0667 e. The van der Waals surface area contributed by atoms with E-state index < -0.39 is 0 Å². The molecule has 0 aromatic carbocycles. The summed E-state index contributed by atoms with van der Waals surface area (Å²) in [6, 6.07) is 0.224. The van der Waals surface area contributed by atoms with E-state index in [1.165, 1.54) is 11.3 Å². The van der Waals surface area contributed by atoms with E-state index >= 15 is 0 Å². The first-order valence-corrected chi connectivity index (χ1v) is 7.32. The molecule has 110 valence electrons. The molecule has 0 aliphatic carbocycles. The Morgan fingerprint density at radius 2 is 1.89 bits per heavy atom. The van der Waals surface area contributed by atoms with Crippen LogP contribution in [0.5, 0.6) is 0 Å². The third kappa shape index (κ3) is 4.32. The first-order valence-electron chi connectivity index (χ1n) is 7.32. The van der Waals surface area contributed by atoms with Gasteiger partial charge in [-0.05, 0) is 40.0 Å². The topological polar surface area (TPSA) is 50.1 Å². The first-order chi connectivity index (χ1) is 8.86. The van der Waals surface area contributed by atoms with Gasteiger partial charge < -0.3 is 10.4 Å². The number of nitrogens with zero attached hydrogens (tertiary/aromatic N) is 2. The zero-order valence-corrected chi connectivity index (χ0v) is 13.2. The quantitative estimate of drug-likeness (QED) is 0.798. The van der Waals surface area contributed by atoms with Crippen LogP contribution in [0.15, 0.2) is 0 Å². The van der Waals surface area contributed by atoms with Gasteiger partial charge in [-0.2, -0.15) is 5.10 Å². The van der Waals surface area contributed by atoms with Crippen molar-refractivity contribution in [3.63, 3.8) is 0 Å². The van der Waals surface area contributed by atoms with Gasteiger partial charge in [0.1, 0.15) is 0 Å². The summed E-state index contributed by atoms with van der Waals surface area (Å²) in [6.07, 6.45) is 0.565. The summed E-state index contributed by atoms with van der Waals surface area (Å²) in [4.78, 5) is 0. The van der Waals surface area contributed by atoms with Gasteiger partial charge in [0.2, 0.25) is 0 Å². The maximum absolute atomic E-state index is 9.92. The van der Waals surface area contributed by atoms with Crippen molar-refractivity contribution in [3.8, 4) is 0 Å². The standard InChI is InChI=1S/C15H29N3O/c1-7-18-13(6)15(12(5)17-18)11(4)16-9-14(19)8-10(2)3/h10-11,14,16,19H,7-9H2,1-6H3. The van der Waals surface area contributed by atoms with Gasteiger partial charge in [-0.1, -0.05) is 13.8 Å². The largest absolute Gasteiger partial charge is 0.392 e. The lowest BCUT2D eigenvalue weighted by Gasteiger charge is -2.19. The second-order valence-electron chi connectivity index (χ2n) is 5.81. The fourth-order valence-corrected chi connectivity index (χ4v) is 2.69. The minimum atomic E-state index is -0.274. The number of aliphatic hydroxyl groups is 1. The van der Waals surface area contributed by atoms with Crippen LogP contribution < -0.4 is 5.32 Å². The Morgan fingerprint density at radius 1 is 1.26 bits per heavy atom. The third-order valence-corrected chi connectivity index (χ3v) is 3.57. The smallest absolute Gasteiger partial charge is 0.0667 e. The molecule has 0 aliphatic rings. The zero-order valence-electron chi connectivity index (χ0n) is 13.2. The fraction of sp³-hybridized carbons (Fsp3) is 0.800. The summed E-state index contributed by atoms with van der Waals surface area (Å²) < 4.78 is 2.04. The highest BCUT2D eigenvalue weighted by Crippen LogP contribution is 2.21. The van der Waals surface area contributed by atoms with E-state index in [0.29, 0.717) is 12.5 Å². The number of rotatable bonds is 7. The molecule has 0 bridgehead atoms. The Bertz CT molecular complexity index is 398. The predicted molar refractivity (Wildman–Crippen MR) is 79.3 cm³/mol. The number of aliphatic hydroxyl groups excluding tert-OH is 1. The molecule has 0 amide bonds. The first kappa shape index (κ1) is 16.2. The van der Waals surface area contributed by atoms with Crippen molar-refractivity contribution in [1.29, 1.82) is 0 Å². The Kier molecular flexibility index (Phi) is 6.01. The van der Waals surface area contributed by atoms with Crippen molar-refractivity contribution in [1.82, 2.24) is 15.1 Å². The van der Waals surface area contributed by atoms with E-state index in [4.69, 9.17) is 0 Å². The molecule has 2 atom stereocenters. The van der Waals surface area contributed by atoms with Crippen molar-refractivity contribution in [2.75, 3.05) is 6.54 Å². The summed E-state index contributed by atoms with van der Waals surface area (Å²) in [7, 11) is 0. The van der Waals surface area contributed by atoms with Crippen molar-refractivity contribution >= 4 is 0 Å². The molecule has 19 heavy (non-hydrogen) atoms. The third-order valence-electron chi connectivity index (χ3n) is 3.57. The van der Waals surface area contributed by atoms with Gasteiger partial charge in [0.25, 0.3) is 0 Å². The van der Waals surface area contributed by atoms with Crippen molar-refractivity contribution in [2.45, 2.75) is 66.7 Å². The van der Waals surface area contributed by atoms with Crippen LogP contribution in [0.25, 0.3) is 0 Å². The molecule has 0 saturated carbocycles. The lowest BCUT2D eigenvalue weighted by Crippen LogP contribution is -2.30. The fourth-order valence-electron chi connectivity index (χ4n) is 2.69. The molecule has 1 rings (SSSR count). The highest BCUT2D eigenvalue weighted by Gasteiger charge is 2.17. The van der Waals surface area contributed by atoms with Crippen LogP contribution in [0.1, 0.15) is 57.1 Å². The summed E-state index contributed by atoms with van der Waals surface area (Å²) in [5, 5.41) is 17.9. The van der Waals surface area contributed by atoms with Crippen LogP contribution in [0.4, 0.5) is 0 Å². The molecule has 1 aromatic rings. The van der Waals surface area contributed by atoms with E-state index in [1.807, 2.05) is 4.68 Å². The summed E-state index contributed by atoms with van der Waals surface area (Å²) in [5.74, 6) is 0.526. The summed E-state index contributed by atoms with van der Waals surface area (Å²) in [5.41, 5.74) is 3.56. The van der Waals surface area contributed by atoms with E-state index in [0.717, 1.165) is 18.7 Å². The summed E-state index contributed by atoms with van der Waals surface area (Å²) in [6.45, 7) is 14.2. The molecule has 0 saturated heterocycles. The van der Waals surface area contributed by atoms with Gasteiger partial charge in [0.15, 0.2) is 0 Å². The van der Waals surface area contributed by atoms with Crippen LogP contribution in [-0.4, -0.2) is 27.5 Å². The molecule has 0 spiro atoms. The highest BCUT2D eigenvalue weighted by atomic mass is 16.3. The monoisotopic (exact) mass is 267 g/mol. The minimum absolute atomic E-state index is 0.224. The van der Waals surface area contributed by atoms with E-state index in [9.17, 15) is 5.11 Å². The molecular formula is C15H29N3O. The van der Waals surface area contributed by atoms with Gasteiger partial charge in [0.05, 0.1) is 11.8 Å². The molecule has 4 nitrogen and oxygen atoms in total. The van der Waals surface area contributed by atoms with E-state index in [1.54, 1.807) is 0 Å². The van der Waals surface area contributed by atoms with Crippen LogP contribution in [0.3, 0.4) is 0 Å². The Hall–Kier alpha value is -0.870. The van der Waals surface area contributed by atoms with E-state index in [2.05, 4.69) is 52.0 Å². The van der Waals surface area contributed by atoms with Gasteiger partial charge in [0, 0.05) is 30.4 Å². The molecule has 1 aromatic heterocycles. The highest BCUT2D eigenvalue weighted by molar-refractivity contribution is 5.27. The van der Waals surface area contributed by atoms with Gasteiger partial charge in [-0.3, -0.25) is 4.68 Å². The van der Waals surface area contributed by atoms with Crippen LogP contribution in [-0.2, 0) is 6.54 Å². The van der Waals surface area contributed by atoms with Crippen molar-refractivity contribution in [2.24, 2.45) is 5.92 Å². The van der Waals surface area contributed by atoms with Crippen molar-refractivity contribution in [3.05, 3.63) is 17.0 Å². The summed E-state index contributed by atoms with van der Waals surface area (Å²) >= 11 is 0. The maximum atomic E-state index is 9.92. The normalized spacial score (nSPS) is 14.9. The van der Waals surface area contributed by atoms with Crippen LogP contribution in [0, 0.1) is 19.8 Å². The predicted octanol–water partition coefficient (Wildman–Crippen LogP) is 2.58. The van der Waals surface area contributed by atoms with Crippen LogP contribution >= 0.6 is 0 Å². The number of aromatic nitrogens is 2. The average Bonchev–Trinajstić information content (AvgIpc) is 2.60. The number of hydrogen-bond donors (Lipinski definition) is 2. The molecule has 4 heteroatoms. The van der Waals surface area contributed by atoms with Gasteiger partial charge in [-0.15, -0.1) is 0 Å². The Morgan fingerprint density at radius 3 is 2.37 bits per heavy atom. The zero-order chi connectivity index (χ0) is 14.6. The SMILES string of the molecule is CCn1nc(C)c(C(C)NCC(O)CC(C)C)c1C. The average molecular weight is 267 g/mol.